The number of halogens is 1. The molecule has 0 unspecified atom stereocenters. The van der Waals surface area contributed by atoms with Crippen LogP contribution in [0.5, 0.6) is 0 Å². The number of carbonyl (C=O) groups is 1. The molecule has 4 heteroatoms. The van der Waals surface area contributed by atoms with Crippen molar-refractivity contribution in [2.45, 2.75) is 55.2 Å². The van der Waals surface area contributed by atoms with Crippen LogP contribution in [-0.2, 0) is 4.79 Å². The Kier molecular flexibility index (Phi) is 5.59. The number of hydrogen-bond acceptors (Lipinski definition) is 2. The van der Waals surface area contributed by atoms with E-state index in [0.717, 1.165) is 22.8 Å². The summed E-state index contributed by atoms with van der Waals surface area (Å²) in [7, 11) is 0. The molecule has 1 amide bonds. The van der Waals surface area contributed by atoms with E-state index in [9.17, 15) is 4.79 Å². The molecule has 1 aromatic rings. The lowest BCUT2D eigenvalue weighted by atomic mass is 9.95. The number of nitrogens with one attached hydrogen (secondary N) is 1. The van der Waals surface area contributed by atoms with Gasteiger partial charge >= 0.3 is 0 Å². The van der Waals surface area contributed by atoms with Crippen molar-refractivity contribution in [3.63, 3.8) is 0 Å². The van der Waals surface area contributed by atoms with E-state index in [4.69, 9.17) is 11.6 Å². The van der Waals surface area contributed by atoms with Gasteiger partial charge in [-0.1, -0.05) is 30.9 Å². The Labute approximate surface area is 124 Å². The molecule has 0 aliphatic heterocycles. The van der Waals surface area contributed by atoms with Crippen LogP contribution in [0.25, 0.3) is 0 Å². The minimum atomic E-state index is -0.0666. The largest absolute Gasteiger partial charge is 0.352 e. The molecule has 1 aliphatic carbocycles. The third-order valence-electron chi connectivity index (χ3n) is 3.45. The molecule has 1 saturated carbocycles. The van der Waals surface area contributed by atoms with Crippen LogP contribution in [0.1, 0.15) is 39.0 Å². The number of rotatable bonds is 4. The summed E-state index contributed by atoms with van der Waals surface area (Å²) in [5.41, 5.74) is 0. The first-order valence-electron chi connectivity index (χ1n) is 6.88. The standard InChI is InChI=1S/C15H20ClNOS/c1-11(19-14-9-7-12(16)8-10-14)15(18)17-13-5-3-2-4-6-13/h7-11,13H,2-6H2,1H3,(H,17,18)/t11-/m0/s1. The van der Waals surface area contributed by atoms with Crippen molar-refractivity contribution < 1.29 is 4.79 Å². The van der Waals surface area contributed by atoms with Crippen LogP contribution in [0.15, 0.2) is 29.2 Å². The van der Waals surface area contributed by atoms with Gasteiger partial charge < -0.3 is 5.32 Å². The van der Waals surface area contributed by atoms with E-state index in [1.807, 2.05) is 31.2 Å². The molecule has 0 aromatic heterocycles. The smallest absolute Gasteiger partial charge is 0.233 e. The second kappa shape index (κ2) is 7.20. The molecule has 0 radical (unpaired) electrons. The summed E-state index contributed by atoms with van der Waals surface area (Å²) >= 11 is 7.43. The number of carbonyl (C=O) groups excluding carboxylic acids is 1. The van der Waals surface area contributed by atoms with Gasteiger partial charge in [-0.2, -0.15) is 0 Å². The van der Waals surface area contributed by atoms with Crippen LogP contribution in [0.2, 0.25) is 5.02 Å². The Hall–Kier alpha value is -0.670. The summed E-state index contributed by atoms with van der Waals surface area (Å²) < 4.78 is 0. The minimum absolute atomic E-state index is 0.0666. The lowest BCUT2D eigenvalue weighted by Crippen LogP contribution is -2.40. The fourth-order valence-electron chi connectivity index (χ4n) is 2.34. The van der Waals surface area contributed by atoms with Crippen LogP contribution in [0, 0.1) is 0 Å². The van der Waals surface area contributed by atoms with Gasteiger partial charge in [0.15, 0.2) is 0 Å². The first-order valence-corrected chi connectivity index (χ1v) is 8.13. The molecule has 0 saturated heterocycles. The first kappa shape index (κ1) is 14.7. The molecule has 0 heterocycles. The monoisotopic (exact) mass is 297 g/mol. The Morgan fingerprint density at radius 2 is 1.89 bits per heavy atom. The molecule has 1 atom stereocenters. The highest BCUT2D eigenvalue weighted by Crippen LogP contribution is 2.25. The highest BCUT2D eigenvalue weighted by molar-refractivity contribution is 8.00. The van der Waals surface area contributed by atoms with E-state index in [1.165, 1.54) is 19.3 Å². The second-order valence-electron chi connectivity index (χ2n) is 5.06. The molecule has 0 bridgehead atoms. The predicted molar refractivity (Wildman–Crippen MR) is 81.8 cm³/mol. The van der Waals surface area contributed by atoms with Gasteiger partial charge in [0.25, 0.3) is 0 Å². The molecule has 1 aromatic carbocycles. The second-order valence-corrected chi connectivity index (χ2v) is 6.91. The van der Waals surface area contributed by atoms with Gasteiger partial charge in [-0.15, -0.1) is 11.8 Å². The third-order valence-corrected chi connectivity index (χ3v) is 4.81. The Balaban J connectivity index is 1.83. The zero-order chi connectivity index (χ0) is 13.7. The first-order chi connectivity index (χ1) is 9.15. The average molecular weight is 298 g/mol. The van der Waals surface area contributed by atoms with Crippen molar-refractivity contribution in [1.29, 1.82) is 0 Å². The lowest BCUT2D eigenvalue weighted by Gasteiger charge is -2.24. The van der Waals surface area contributed by atoms with Crippen LogP contribution in [0.4, 0.5) is 0 Å². The maximum absolute atomic E-state index is 12.1. The van der Waals surface area contributed by atoms with Crippen molar-refractivity contribution in [3.05, 3.63) is 29.3 Å². The van der Waals surface area contributed by atoms with Crippen molar-refractivity contribution >= 4 is 29.3 Å². The van der Waals surface area contributed by atoms with Gasteiger partial charge in [0.1, 0.15) is 0 Å². The van der Waals surface area contributed by atoms with Gasteiger partial charge in [-0.25, -0.2) is 0 Å². The van der Waals surface area contributed by atoms with Crippen LogP contribution in [-0.4, -0.2) is 17.2 Å². The summed E-state index contributed by atoms with van der Waals surface area (Å²) in [6.45, 7) is 1.96. The molecule has 104 valence electrons. The fourth-order valence-corrected chi connectivity index (χ4v) is 3.34. The number of thioether (sulfide) groups is 1. The Morgan fingerprint density at radius 1 is 1.26 bits per heavy atom. The zero-order valence-corrected chi connectivity index (χ0v) is 12.8. The van der Waals surface area contributed by atoms with Crippen molar-refractivity contribution in [2.75, 3.05) is 0 Å². The lowest BCUT2D eigenvalue weighted by molar-refractivity contribution is -0.121. The summed E-state index contributed by atoms with van der Waals surface area (Å²) in [5.74, 6) is 0.145. The molecule has 1 aliphatic rings. The maximum Gasteiger partial charge on any atom is 0.233 e. The Morgan fingerprint density at radius 3 is 2.53 bits per heavy atom. The third kappa shape index (κ3) is 4.73. The average Bonchev–Trinajstić information content (AvgIpc) is 2.42. The predicted octanol–water partition coefficient (Wildman–Crippen LogP) is 4.27. The van der Waals surface area contributed by atoms with E-state index >= 15 is 0 Å². The molecule has 2 nitrogen and oxygen atoms in total. The van der Waals surface area contributed by atoms with Crippen LogP contribution >= 0.6 is 23.4 Å². The molecule has 2 rings (SSSR count). The van der Waals surface area contributed by atoms with Gasteiger partial charge in [0, 0.05) is 16.0 Å². The van der Waals surface area contributed by atoms with Gasteiger partial charge in [0.2, 0.25) is 5.91 Å². The highest BCUT2D eigenvalue weighted by Gasteiger charge is 2.20. The maximum atomic E-state index is 12.1. The Bertz CT molecular complexity index is 415. The van der Waals surface area contributed by atoms with E-state index in [2.05, 4.69) is 5.32 Å². The molecule has 0 spiro atoms. The molecular formula is C15H20ClNOS. The normalized spacial score (nSPS) is 18.0. The number of hydrogen-bond donors (Lipinski definition) is 1. The summed E-state index contributed by atoms with van der Waals surface area (Å²) in [6.07, 6.45) is 6.04. The molecule has 1 fully saturated rings. The highest BCUT2D eigenvalue weighted by atomic mass is 35.5. The quantitative estimate of drug-likeness (QED) is 0.841. The molecule has 19 heavy (non-hydrogen) atoms. The van der Waals surface area contributed by atoms with Crippen molar-refractivity contribution in [2.24, 2.45) is 0 Å². The van der Waals surface area contributed by atoms with E-state index < -0.39 is 0 Å². The number of amides is 1. The zero-order valence-electron chi connectivity index (χ0n) is 11.2. The van der Waals surface area contributed by atoms with Crippen molar-refractivity contribution in [3.8, 4) is 0 Å². The summed E-state index contributed by atoms with van der Waals surface area (Å²) in [6, 6.07) is 8.01. The van der Waals surface area contributed by atoms with Crippen LogP contribution in [0.3, 0.4) is 0 Å². The minimum Gasteiger partial charge on any atom is -0.352 e. The molecular weight excluding hydrogens is 278 g/mol. The van der Waals surface area contributed by atoms with E-state index in [1.54, 1.807) is 11.8 Å². The van der Waals surface area contributed by atoms with Gasteiger partial charge in [-0.3, -0.25) is 4.79 Å². The topological polar surface area (TPSA) is 29.1 Å². The van der Waals surface area contributed by atoms with Crippen molar-refractivity contribution in [1.82, 2.24) is 5.32 Å². The SMILES string of the molecule is C[C@H](Sc1ccc(Cl)cc1)C(=O)NC1CCCCC1. The summed E-state index contributed by atoms with van der Waals surface area (Å²) in [4.78, 5) is 13.2. The fraction of sp³-hybridized carbons (Fsp3) is 0.533. The van der Waals surface area contributed by atoms with Gasteiger partial charge in [-0.05, 0) is 44.0 Å². The number of benzene rings is 1. The summed E-state index contributed by atoms with van der Waals surface area (Å²) in [5, 5.41) is 3.82. The van der Waals surface area contributed by atoms with Crippen LogP contribution < -0.4 is 5.32 Å². The van der Waals surface area contributed by atoms with E-state index in [0.29, 0.717) is 6.04 Å². The molecule has 1 N–H and O–H groups in total. The van der Waals surface area contributed by atoms with Gasteiger partial charge in [0.05, 0.1) is 5.25 Å². The van der Waals surface area contributed by atoms with E-state index in [-0.39, 0.29) is 11.2 Å².